The van der Waals surface area contributed by atoms with Crippen molar-refractivity contribution in [3.8, 4) is 0 Å². The Labute approximate surface area is 143 Å². The molecule has 0 atom stereocenters. The van der Waals surface area contributed by atoms with E-state index in [1.807, 2.05) is 32.0 Å². The quantitative estimate of drug-likeness (QED) is 0.850. The molecule has 4 nitrogen and oxygen atoms in total. The van der Waals surface area contributed by atoms with Crippen LogP contribution in [0.2, 0.25) is 0 Å². The second-order valence-electron chi connectivity index (χ2n) is 6.48. The van der Waals surface area contributed by atoms with E-state index in [4.69, 9.17) is 4.65 Å². The van der Waals surface area contributed by atoms with E-state index in [9.17, 15) is 9.82 Å². The Hall–Kier alpha value is -2.11. The molecule has 0 radical (unpaired) electrons. The van der Waals surface area contributed by atoms with Gasteiger partial charge in [-0.1, -0.05) is 35.9 Å². The molecular formula is C19H22BNO3. The molecule has 24 heavy (non-hydrogen) atoms. The molecule has 0 aromatic heterocycles. The van der Waals surface area contributed by atoms with Gasteiger partial charge in [-0.2, -0.15) is 0 Å². The normalized spacial score (nSPS) is 13.1. The van der Waals surface area contributed by atoms with Gasteiger partial charge in [0.2, 0.25) is 5.91 Å². The van der Waals surface area contributed by atoms with Gasteiger partial charge in [0, 0.05) is 12.1 Å². The molecule has 1 aliphatic heterocycles. The summed E-state index contributed by atoms with van der Waals surface area (Å²) < 4.78 is 5.26. The molecule has 1 heterocycles. The minimum Gasteiger partial charge on any atom is -0.423 e. The molecule has 0 bridgehead atoms. The highest BCUT2D eigenvalue weighted by Gasteiger charge is 2.29. The Kier molecular flexibility index (Phi) is 4.74. The summed E-state index contributed by atoms with van der Waals surface area (Å²) >= 11 is 0. The Bertz CT molecular complexity index is 765. The number of fused-ring (bicyclic) bond motifs is 1. The lowest BCUT2D eigenvalue weighted by Crippen LogP contribution is -2.31. The summed E-state index contributed by atoms with van der Waals surface area (Å²) in [6.07, 6.45) is 0.954. The Balaban J connectivity index is 1.69. The highest BCUT2D eigenvalue weighted by Crippen LogP contribution is 2.22. The maximum Gasteiger partial charge on any atom is 0.492 e. The fourth-order valence-corrected chi connectivity index (χ4v) is 3.41. The zero-order chi connectivity index (χ0) is 17.3. The predicted octanol–water partition coefficient (Wildman–Crippen LogP) is 2.40. The zero-order valence-electron chi connectivity index (χ0n) is 14.3. The summed E-state index contributed by atoms with van der Waals surface area (Å²) in [5, 5.41) is 13.0. The van der Waals surface area contributed by atoms with Crippen molar-refractivity contribution < 1.29 is 14.5 Å². The maximum atomic E-state index is 12.4. The molecule has 0 fully saturated rings. The number of rotatable bonds is 4. The molecule has 2 aromatic carbocycles. The van der Waals surface area contributed by atoms with Crippen LogP contribution < -0.4 is 10.8 Å². The highest BCUT2D eigenvalue weighted by molar-refractivity contribution is 6.62. The van der Waals surface area contributed by atoms with Crippen molar-refractivity contribution in [3.63, 3.8) is 0 Å². The lowest BCUT2D eigenvalue weighted by atomic mass is 9.75. The molecule has 1 amide bonds. The van der Waals surface area contributed by atoms with Gasteiger partial charge >= 0.3 is 7.12 Å². The van der Waals surface area contributed by atoms with Gasteiger partial charge in [0.25, 0.3) is 0 Å². The monoisotopic (exact) mass is 323 g/mol. The average Bonchev–Trinajstić information content (AvgIpc) is 2.91. The number of hydrogen-bond donors (Lipinski definition) is 2. The second-order valence-corrected chi connectivity index (χ2v) is 6.48. The molecule has 0 saturated carbocycles. The van der Waals surface area contributed by atoms with E-state index in [2.05, 4.69) is 24.4 Å². The van der Waals surface area contributed by atoms with Crippen LogP contribution in [-0.4, -0.2) is 18.0 Å². The smallest absolute Gasteiger partial charge is 0.423 e. The number of anilines is 1. The fraction of sp³-hybridized carbons (Fsp3) is 0.316. The van der Waals surface area contributed by atoms with Crippen LogP contribution in [0.3, 0.4) is 0 Å². The molecular weight excluding hydrogens is 301 g/mol. The van der Waals surface area contributed by atoms with E-state index >= 15 is 0 Å². The number of carbonyl (C=O) groups excluding carboxylic acids is 1. The molecule has 0 unspecified atom stereocenters. The number of nitrogens with one attached hydrogen (secondary N) is 1. The third-order valence-corrected chi connectivity index (χ3v) is 4.49. The SMILES string of the molecule is Cc1cc(C)c(NC(=O)CCc2cccc3c2B(O)OC3)c(C)c1. The summed E-state index contributed by atoms with van der Waals surface area (Å²) in [4.78, 5) is 12.4. The highest BCUT2D eigenvalue weighted by atomic mass is 16.5. The summed E-state index contributed by atoms with van der Waals surface area (Å²) in [6, 6.07) is 9.99. The molecule has 5 heteroatoms. The zero-order valence-corrected chi connectivity index (χ0v) is 14.3. The number of hydrogen-bond acceptors (Lipinski definition) is 3. The number of carbonyl (C=O) groups is 1. The summed E-state index contributed by atoms with van der Waals surface area (Å²) in [5.41, 5.74) is 7.04. The van der Waals surface area contributed by atoms with Crippen LogP contribution in [0.15, 0.2) is 30.3 Å². The van der Waals surface area contributed by atoms with Gasteiger partial charge in [-0.05, 0) is 54.9 Å². The van der Waals surface area contributed by atoms with Crippen LogP contribution in [0.5, 0.6) is 0 Å². The van der Waals surface area contributed by atoms with E-state index in [1.165, 1.54) is 5.56 Å². The van der Waals surface area contributed by atoms with Crippen molar-refractivity contribution >= 4 is 24.2 Å². The molecule has 1 aliphatic rings. The maximum absolute atomic E-state index is 12.4. The van der Waals surface area contributed by atoms with Gasteiger partial charge in [0.15, 0.2) is 0 Å². The standard InChI is InChI=1S/C19H22BNO3/c1-12-9-13(2)19(14(3)10-12)21-17(22)8-7-15-5-4-6-16-11-24-20(23)18(15)16/h4-6,9-10,23H,7-8,11H2,1-3H3,(H,21,22). The van der Waals surface area contributed by atoms with Gasteiger partial charge in [0.05, 0.1) is 6.61 Å². The van der Waals surface area contributed by atoms with Crippen LogP contribution in [0.4, 0.5) is 5.69 Å². The lowest BCUT2D eigenvalue weighted by Gasteiger charge is -2.13. The van der Waals surface area contributed by atoms with Crippen molar-refractivity contribution in [1.29, 1.82) is 0 Å². The minimum atomic E-state index is -0.874. The molecule has 0 spiro atoms. The number of aryl methyl sites for hydroxylation is 4. The lowest BCUT2D eigenvalue weighted by molar-refractivity contribution is -0.116. The third-order valence-electron chi connectivity index (χ3n) is 4.49. The molecule has 2 aromatic rings. The minimum absolute atomic E-state index is 0.0175. The van der Waals surface area contributed by atoms with Gasteiger partial charge < -0.3 is 15.0 Å². The van der Waals surface area contributed by atoms with E-state index in [0.29, 0.717) is 19.4 Å². The molecule has 124 valence electrons. The van der Waals surface area contributed by atoms with E-state index < -0.39 is 7.12 Å². The summed E-state index contributed by atoms with van der Waals surface area (Å²) in [5.74, 6) is -0.0175. The average molecular weight is 323 g/mol. The van der Waals surface area contributed by atoms with E-state index in [1.54, 1.807) is 0 Å². The van der Waals surface area contributed by atoms with Crippen molar-refractivity contribution in [2.75, 3.05) is 5.32 Å². The van der Waals surface area contributed by atoms with Crippen molar-refractivity contribution in [2.45, 2.75) is 40.2 Å². The van der Waals surface area contributed by atoms with Gasteiger partial charge in [-0.15, -0.1) is 0 Å². The van der Waals surface area contributed by atoms with Crippen LogP contribution in [-0.2, 0) is 22.5 Å². The second kappa shape index (κ2) is 6.79. The molecule has 3 rings (SSSR count). The van der Waals surface area contributed by atoms with Crippen LogP contribution in [0.1, 0.15) is 34.2 Å². The largest absolute Gasteiger partial charge is 0.492 e. The van der Waals surface area contributed by atoms with Crippen molar-refractivity contribution in [1.82, 2.24) is 0 Å². The molecule has 2 N–H and O–H groups in total. The van der Waals surface area contributed by atoms with Gasteiger partial charge in [-0.25, -0.2) is 0 Å². The third kappa shape index (κ3) is 3.37. The van der Waals surface area contributed by atoms with E-state index in [0.717, 1.165) is 33.4 Å². The summed E-state index contributed by atoms with van der Waals surface area (Å²) in [7, 11) is -0.874. The topological polar surface area (TPSA) is 58.6 Å². The Morgan fingerprint density at radius 3 is 2.67 bits per heavy atom. The van der Waals surface area contributed by atoms with Crippen LogP contribution in [0.25, 0.3) is 0 Å². The first kappa shape index (κ1) is 16.7. The first-order chi connectivity index (χ1) is 11.5. The predicted molar refractivity (Wildman–Crippen MR) is 96.4 cm³/mol. The number of amides is 1. The van der Waals surface area contributed by atoms with Gasteiger partial charge in [-0.3, -0.25) is 4.79 Å². The fourth-order valence-electron chi connectivity index (χ4n) is 3.41. The first-order valence-corrected chi connectivity index (χ1v) is 8.23. The van der Waals surface area contributed by atoms with Crippen LogP contribution >= 0.6 is 0 Å². The Morgan fingerprint density at radius 2 is 1.96 bits per heavy atom. The number of benzene rings is 2. The van der Waals surface area contributed by atoms with Gasteiger partial charge in [0.1, 0.15) is 0 Å². The summed E-state index contributed by atoms with van der Waals surface area (Å²) in [6.45, 7) is 6.49. The molecule has 0 saturated heterocycles. The van der Waals surface area contributed by atoms with Crippen molar-refractivity contribution in [2.24, 2.45) is 0 Å². The van der Waals surface area contributed by atoms with E-state index in [-0.39, 0.29) is 5.91 Å². The Morgan fingerprint density at radius 1 is 1.25 bits per heavy atom. The van der Waals surface area contributed by atoms with Crippen molar-refractivity contribution in [3.05, 3.63) is 58.1 Å². The van der Waals surface area contributed by atoms with Crippen LogP contribution in [0, 0.1) is 20.8 Å². The molecule has 0 aliphatic carbocycles. The first-order valence-electron chi connectivity index (χ1n) is 8.23.